The van der Waals surface area contributed by atoms with Crippen molar-refractivity contribution in [2.75, 3.05) is 13.2 Å². The molecule has 2 aromatic rings. The maximum absolute atomic E-state index is 13.9. The molecule has 5 nitrogen and oxygen atoms in total. The molecule has 164 valence electrons. The molecule has 7 heteroatoms. The number of halogens is 2. The van der Waals surface area contributed by atoms with Gasteiger partial charge in [0.05, 0.1) is 24.5 Å². The van der Waals surface area contributed by atoms with E-state index >= 15 is 0 Å². The molecule has 1 aromatic carbocycles. The maximum atomic E-state index is 13.9. The number of carbonyl (C=O) groups excluding carboxylic acids is 1. The van der Waals surface area contributed by atoms with Crippen molar-refractivity contribution in [3.63, 3.8) is 0 Å². The zero-order chi connectivity index (χ0) is 21.8. The molecule has 2 saturated carbocycles. The van der Waals surface area contributed by atoms with E-state index in [-0.39, 0.29) is 29.0 Å². The van der Waals surface area contributed by atoms with Crippen molar-refractivity contribution in [2.24, 2.45) is 5.92 Å². The molecule has 1 spiro atoms. The molecule has 0 N–H and O–H groups in total. The summed E-state index contributed by atoms with van der Waals surface area (Å²) in [6.45, 7) is 2.32. The minimum absolute atomic E-state index is 0.0150. The van der Waals surface area contributed by atoms with Gasteiger partial charge in [0, 0.05) is 23.4 Å². The Balaban J connectivity index is 1.64. The SMILES string of the molecule is CCOC(=O)c1cn2c(cc1=O)-c1cc(C(F)F)c(OCC3CC3)cc1CC21CCC1. The van der Waals surface area contributed by atoms with Crippen molar-refractivity contribution in [2.45, 2.75) is 57.4 Å². The molecule has 0 atom stereocenters. The highest BCUT2D eigenvalue weighted by Crippen LogP contribution is 2.50. The van der Waals surface area contributed by atoms with E-state index in [1.54, 1.807) is 19.2 Å². The van der Waals surface area contributed by atoms with Crippen LogP contribution in [0.1, 0.15) is 66.9 Å². The fraction of sp³-hybridized carbons (Fsp3) is 0.500. The lowest BCUT2D eigenvalue weighted by atomic mass is 9.69. The molecule has 2 heterocycles. The molecule has 31 heavy (non-hydrogen) atoms. The number of pyridine rings is 1. The molecule has 0 saturated heterocycles. The number of ether oxygens (including phenoxy) is 2. The molecule has 0 bridgehead atoms. The van der Waals surface area contributed by atoms with E-state index in [4.69, 9.17) is 9.47 Å². The molecular formula is C24H25F2NO4. The predicted octanol–water partition coefficient (Wildman–Crippen LogP) is 4.85. The van der Waals surface area contributed by atoms with Gasteiger partial charge < -0.3 is 14.0 Å². The number of fused-ring (bicyclic) bond motifs is 4. The second-order valence-electron chi connectivity index (χ2n) is 8.88. The highest BCUT2D eigenvalue weighted by molar-refractivity contribution is 5.89. The summed E-state index contributed by atoms with van der Waals surface area (Å²) in [6.07, 6.45) is 4.54. The molecule has 0 amide bonds. The summed E-state index contributed by atoms with van der Waals surface area (Å²) < 4.78 is 40.5. The summed E-state index contributed by atoms with van der Waals surface area (Å²) in [6, 6.07) is 4.60. The van der Waals surface area contributed by atoms with E-state index in [1.807, 2.05) is 4.57 Å². The quantitative estimate of drug-likeness (QED) is 0.616. The summed E-state index contributed by atoms with van der Waals surface area (Å²) in [5.41, 5.74) is 1.22. The molecule has 0 radical (unpaired) electrons. The summed E-state index contributed by atoms with van der Waals surface area (Å²) in [5.74, 6) is 0.0503. The van der Waals surface area contributed by atoms with Crippen LogP contribution in [0, 0.1) is 5.92 Å². The van der Waals surface area contributed by atoms with Crippen LogP contribution in [-0.2, 0) is 16.7 Å². The van der Waals surface area contributed by atoms with Crippen LogP contribution in [0.3, 0.4) is 0 Å². The Morgan fingerprint density at radius 1 is 1.26 bits per heavy atom. The summed E-state index contributed by atoms with van der Waals surface area (Å²) >= 11 is 0. The Kier molecular flexibility index (Phi) is 4.87. The van der Waals surface area contributed by atoms with E-state index in [9.17, 15) is 18.4 Å². The van der Waals surface area contributed by atoms with Crippen molar-refractivity contribution >= 4 is 5.97 Å². The Labute approximate surface area is 179 Å². The second kappa shape index (κ2) is 7.46. The first-order chi connectivity index (χ1) is 14.9. The lowest BCUT2D eigenvalue weighted by Crippen LogP contribution is -2.46. The monoisotopic (exact) mass is 429 g/mol. The standard InChI is InChI=1S/C24H25F2NO4/c1-2-30-23(29)18-12-27-19(10-20(18)28)16-9-17(22(25)26)21(31-13-14-4-5-14)8-15(16)11-24(27)6-3-7-24/h8-10,12,14,22H,2-7,11,13H2,1H3. The van der Waals surface area contributed by atoms with Crippen molar-refractivity contribution in [3.8, 4) is 17.0 Å². The fourth-order valence-electron chi connectivity index (χ4n) is 4.75. The van der Waals surface area contributed by atoms with Crippen LogP contribution in [0.5, 0.6) is 5.75 Å². The summed E-state index contributed by atoms with van der Waals surface area (Å²) in [5, 5.41) is 0. The van der Waals surface area contributed by atoms with Crippen LogP contribution < -0.4 is 10.2 Å². The van der Waals surface area contributed by atoms with Gasteiger partial charge in [-0.15, -0.1) is 0 Å². The van der Waals surface area contributed by atoms with Gasteiger partial charge in [-0.05, 0) is 69.1 Å². The van der Waals surface area contributed by atoms with Crippen LogP contribution in [0.25, 0.3) is 11.3 Å². The minimum Gasteiger partial charge on any atom is -0.493 e. The molecule has 0 unspecified atom stereocenters. The van der Waals surface area contributed by atoms with Crippen molar-refractivity contribution in [3.05, 3.63) is 51.3 Å². The molecule has 3 aliphatic rings. The zero-order valence-corrected chi connectivity index (χ0v) is 17.5. The second-order valence-corrected chi connectivity index (χ2v) is 8.88. The first-order valence-corrected chi connectivity index (χ1v) is 10.9. The highest BCUT2D eigenvalue weighted by Gasteiger charge is 2.44. The third-order valence-electron chi connectivity index (χ3n) is 6.78. The Morgan fingerprint density at radius 2 is 2.03 bits per heavy atom. The number of carbonyl (C=O) groups is 1. The average molecular weight is 429 g/mol. The highest BCUT2D eigenvalue weighted by atomic mass is 19.3. The number of alkyl halides is 2. The van der Waals surface area contributed by atoms with Gasteiger partial charge in [0.25, 0.3) is 6.43 Å². The van der Waals surface area contributed by atoms with Crippen molar-refractivity contribution < 1.29 is 23.0 Å². The van der Waals surface area contributed by atoms with Crippen molar-refractivity contribution in [1.82, 2.24) is 4.57 Å². The summed E-state index contributed by atoms with van der Waals surface area (Å²) in [7, 11) is 0. The van der Waals surface area contributed by atoms with E-state index in [2.05, 4.69) is 0 Å². The van der Waals surface area contributed by atoms with E-state index in [1.165, 1.54) is 12.1 Å². The third kappa shape index (κ3) is 3.44. The topological polar surface area (TPSA) is 57.5 Å². The molecule has 2 aliphatic carbocycles. The number of nitrogens with zero attached hydrogens (tertiary/aromatic N) is 1. The Morgan fingerprint density at radius 3 is 2.65 bits per heavy atom. The van der Waals surface area contributed by atoms with Gasteiger partial charge in [-0.2, -0.15) is 0 Å². The smallest absolute Gasteiger partial charge is 0.343 e. The van der Waals surface area contributed by atoms with E-state index < -0.39 is 17.8 Å². The van der Waals surface area contributed by atoms with Gasteiger partial charge in [-0.1, -0.05) is 0 Å². The van der Waals surface area contributed by atoms with Crippen molar-refractivity contribution in [1.29, 1.82) is 0 Å². The number of aromatic nitrogens is 1. The zero-order valence-electron chi connectivity index (χ0n) is 17.5. The Bertz CT molecular complexity index is 1100. The molecule has 5 rings (SSSR count). The lowest BCUT2D eigenvalue weighted by molar-refractivity contribution is 0.0521. The molecule has 2 fully saturated rings. The number of benzene rings is 1. The average Bonchev–Trinajstić information content (AvgIpc) is 3.53. The minimum atomic E-state index is -2.68. The van der Waals surface area contributed by atoms with Crippen LogP contribution in [0.15, 0.2) is 29.2 Å². The van der Waals surface area contributed by atoms with Gasteiger partial charge in [0.15, 0.2) is 5.43 Å². The fourth-order valence-corrected chi connectivity index (χ4v) is 4.75. The first kappa shape index (κ1) is 20.2. The normalized spacial score (nSPS) is 18.3. The number of hydrogen-bond acceptors (Lipinski definition) is 4. The predicted molar refractivity (Wildman–Crippen MR) is 111 cm³/mol. The van der Waals surface area contributed by atoms with Gasteiger partial charge in [0.1, 0.15) is 11.3 Å². The van der Waals surface area contributed by atoms with Gasteiger partial charge >= 0.3 is 5.97 Å². The van der Waals surface area contributed by atoms with Gasteiger partial charge in [0.2, 0.25) is 0 Å². The lowest BCUT2D eigenvalue weighted by Gasteiger charge is -2.49. The number of hydrogen-bond donors (Lipinski definition) is 0. The summed E-state index contributed by atoms with van der Waals surface area (Å²) in [4.78, 5) is 25.0. The first-order valence-electron chi connectivity index (χ1n) is 10.9. The largest absolute Gasteiger partial charge is 0.493 e. The van der Waals surface area contributed by atoms with Gasteiger partial charge in [-0.25, -0.2) is 13.6 Å². The van der Waals surface area contributed by atoms with E-state index in [0.717, 1.165) is 37.7 Å². The third-order valence-corrected chi connectivity index (χ3v) is 6.78. The molecule has 1 aliphatic heterocycles. The molecule has 1 aromatic heterocycles. The number of rotatable bonds is 6. The Hall–Kier alpha value is -2.70. The van der Waals surface area contributed by atoms with Crippen LogP contribution in [-0.4, -0.2) is 23.8 Å². The van der Waals surface area contributed by atoms with Gasteiger partial charge in [-0.3, -0.25) is 4.79 Å². The van der Waals surface area contributed by atoms with Crippen LogP contribution in [0.2, 0.25) is 0 Å². The van der Waals surface area contributed by atoms with Crippen LogP contribution in [0.4, 0.5) is 8.78 Å². The number of esters is 1. The van der Waals surface area contributed by atoms with E-state index in [0.29, 0.717) is 30.2 Å². The molecular weight excluding hydrogens is 404 g/mol. The van der Waals surface area contributed by atoms with Crippen LogP contribution >= 0.6 is 0 Å². The maximum Gasteiger partial charge on any atom is 0.343 e.